The highest BCUT2D eigenvalue weighted by molar-refractivity contribution is 5.90. The van der Waals surface area contributed by atoms with E-state index in [2.05, 4.69) is 10.6 Å². The van der Waals surface area contributed by atoms with E-state index in [9.17, 15) is 9.59 Å². The molecule has 2 aromatic carbocycles. The summed E-state index contributed by atoms with van der Waals surface area (Å²) < 4.78 is 1.81. The van der Waals surface area contributed by atoms with Gasteiger partial charge in [0.1, 0.15) is 18.6 Å². The quantitative estimate of drug-likeness (QED) is 0.542. The minimum Gasteiger partial charge on any atom is -0.342 e. The Morgan fingerprint density at radius 2 is 1.53 bits per heavy atom. The van der Waals surface area contributed by atoms with Crippen molar-refractivity contribution in [2.75, 3.05) is 6.54 Å². The van der Waals surface area contributed by atoms with Crippen molar-refractivity contribution in [3.63, 3.8) is 0 Å². The topological polar surface area (TPSA) is 86.9 Å². The Hall–Kier alpha value is -3.85. The number of hydrogen-bond acceptors (Lipinski definition) is 3. The number of nitriles is 1. The first-order valence-electron chi connectivity index (χ1n) is 9.85. The Balaban J connectivity index is 1.79. The van der Waals surface area contributed by atoms with Gasteiger partial charge in [-0.15, -0.1) is 0 Å². The summed E-state index contributed by atoms with van der Waals surface area (Å²) in [6.45, 7) is -0.101. The molecule has 3 aromatic rings. The molecule has 0 aliphatic rings. The van der Waals surface area contributed by atoms with Crippen molar-refractivity contribution in [3.8, 4) is 6.07 Å². The number of aryl methyl sites for hydroxylation is 1. The molecule has 0 aliphatic heterocycles. The summed E-state index contributed by atoms with van der Waals surface area (Å²) in [5, 5.41) is 14.3. The molecule has 1 unspecified atom stereocenters. The summed E-state index contributed by atoms with van der Waals surface area (Å²) in [5.74, 6) is -0.636. The second-order valence-electron chi connectivity index (χ2n) is 6.90. The lowest BCUT2D eigenvalue weighted by molar-refractivity contribution is -0.130. The van der Waals surface area contributed by atoms with Crippen LogP contribution in [0.15, 0.2) is 85.2 Å². The first-order valence-corrected chi connectivity index (χ1v) is 9.85. The van der Waals surface area contributed by atoms with E-state index in [1.54, 1.807) is 0 Å². The highest BCUT2D eigenvalue weighted by Gasteiger charge is 2.27. The fourth-order valence-electron chi connectivity index (χ4n) is 3.34. The molecule has 1 heterocycles. The van der Waals surface area contributed by atoms with E-state index < -0.39 is 12.1 Å². The van der Waals surface area contributed by atoms with Crippen molar-refractivity contribution in [2.45, 2.75) is 24.9 Å². The molecule has 0 spiro atoms. The molecule has 1 aromatic heterocycles. The molecule has 152 valence electrons. The predicted octanol–water partition coefficient (Wildman–Crippen LogP) is 2.83. The van der Waals surface area contributed by atoms with Crippen molar-refractivity contribution in [1.82, 2.24) is 15.2 Å². The van der Waals surface area contributed by atoms with Crippen molar-refractivity contribution in [1.29, 1.82) is 5.26 Å². The first-order chi connectivity index (χ1) is 14.7. The van der Waals surface area contributed by atoms with Crippen LogP contribution in [-0.2, 0) is 16.0 Å². The van der Waals surface area contributed by atoms with Gasteiger partial charge in [0, 0.05) is 12.4 Å². The average Bonchev–Trinajstić information content (AvgIpc) is 3.30. The van der Waals surface area contributed by atoms with Crippen molar-refractivity contribution in [3.05, 3.63) is 96.3 Å². The Morgan fingerprint density at radius 3 is 2.17 bits per heavy atom. The molecular formula is C24H24N4O2. The maximum Gasteiger partial charge on any atom is 0.248 e. The number of nitrogens with zero attached hydrogens (tertiary/aromatic N) is 2. The molecule has 2 N–H and O–H groups in total. The number of carbonyl (C=O) groups excluding carboxylic acids is 2. The molecule has 3 rings (SSSR count). The van der Waals surface area contributed by atoms with E-state index in [0.29, 0.717) is 12.8 Å². The van der Waals surface area contributed by atoms with E-state index in [4.69, 9.17) is 5.26 Å². The molecule has 0 radical (unpaired) electrons. The van der Waals surface area contributed by atoms with Crippen LogP contribution in [0.1, 0.15) is 23.6 Å². The minimum absolute atomic E-state index is 0.101. The molecule has 6 nitrogen and oxygen atoms in total. The van der Waals surface area contributed by atoms with Crippen LogP contribution in [0.25, 0.3) is 0 Å². The van der Waals surface area contributed by atoms with Gasteiger partial charge in [0.15, 0.2) is 0 Å². The number of hydrogen-bond donors (Lipinski definition) is 2. The van der Waals surface area contributed by atoms with Crippen LogP contribution in [0.5, 0.6) is 0 Å². The van der Waals surface area contributed by atoms with Crippen LogP contribution >= 0.6 is 0 Å². The maximum atomic E-state index is 13.3. The number of carbonyl (C=O) groups is 2. The molecule has 0 saturated carbocycles. The summed E-state index contributed by atoms with van der Waals surface area (Å²) >= 11 is 0. The zero-order chi connectivity index (χ0) is 21.2. The third kappa shape index (κ3) is 5.58. The third-order valence-corrected chi connectivity index (χ3v) is 4.83. The molecule has 2 amide bonds. The zero-order valence-electron chi connectivity index (χ0n) is 16.6. The lowest BCUT2D eigenvalue weighted by atomic mass is 10.0. The summed E-state index contributed by atoms with van der Waals surface area (Å²) in [7, 11) is 0. The van der Waals surface area contributed by atoms with Crippen LogP contribution in [0, 0.1) is 11.3 Å². The average molecular weight is 400 g/mol. The van der Waals surface area contributed by atoms with Gasteiger partial charge in [0.2, 0.25) is 11.8 Å². The van der Waals surface area contributed by atoms with Crippen molar-refractivity contribution < 1.29 is 9.59 Å². The monoisotopic (exact) mass is 400 g/mol. The standard InChI is InChI=1S/C24H24N4O2/c25-15-16-26-23(29)21(14-13-19-9-3-1-4-10-19)27-24(30)22(28-17-7-8-18-28)20-11-5-2-6-12-20/h1-12,17-18,21-22H,13-14,16H2,(H,26,29)(H,27,30)/t21-,22?/m0/s1. The van der Waals surface area contributed by atoms with E-state index in [1.807, 2.05) is 95.8 Å². The number of aromatic nitrogens is 1. The van der Waals surface area contributed by atoms with Crippen LogP contribution in [0.2, 0.25) is 0 Å². The molecule has 0 aliphatic carbocycles. The molecular weight excluding hydrogens is 376 g/mol. The van der Waals surface area contributed by atoms with Gasteiger partial charge in [-0.2, -0.15) is 5.26 Å². The smallest absolute Gasteiger partial charge is 0.248 e. The molecule has 30 heavy (non-hydrogen) atoms. The predicted molar refractivity (Wildman–Crippen MR) is 114 cm³/mol. The van der Waals surface area contributed by atoms with Gasteiger partial charge >= 0.3 is 0 Å². The van der Waals surface area contributed by atoms with Gasteiger partial charge < -0.3 is 15.2 Å². The molecule has 0 fully saturated rings. The second-order valence-corrected chi connectivity index (χ2v) is 6.90. The summed E-state index contributed by atoms with van der Waals surface area (Å²) in [6, 6.07) is 23.5. The van der Waals surface area contributed by atoms with E-state index >= 15 is 0 Å². The van der Waals surface area contributed by atoms with E-state index in [-0.39, 0.29) is 18.4 Å². The van der Waals surface area contributed by atoms with Crippen LogP contribution in [0.4, 0.5) is 0 Å². The maximum absolute atomic E-state index is 13.3. The Labute approximate surface area is 176 Å². The van der Waals surface area contributed by atoms with Crippen LogP contribution in [-0.4, -0.2) is 29.0 Å². The number of rotatable bonds is 9. The second kappa shape index (κ2) is 10.6. The molecule has 0 saturated heterocycles. The fourth-order valence-corrected chi connectivity index (χ4v) is 3.34. The van der Waals surface area contributed by atoms with E-state index in [0.717, 1.165) is 11.1 Å². The Morgan fingerprint density at radius 1 is 0.900 bits per heavy atom. The van der Waals surface area contributed by atoms with Crippen molar-refractivity contribution >= 4 is 11.8 Å². The number of benzene rings is 2. The van der Waals surface area contributed by atoms with Gasteiger partial charge in [-0.1, -0.05) is 60.7 Å². The first kappa shape index (κ1) is 20.9. The number of amides is 2. The Bertz CT molecular complexity index is 979. The van der Waals surface area contributed by atoms with Gasteiger partial charge in [0.05, 0.1) is 6.07 Å². The lowest BCUT2D eigenvalue weighted by Gasteiger charge is -2.23. The normalized spacial score (nSPS) is 12.4. The highest BCUT2D eigenvalue weighted by atomic mass is 16.2. The lowest BCUT2D eigenvalue weighted by Crippen LogP contribution is -2.49. The summed E-state index contributed by atoms with van der Waals surface area (Å²) in [6.07, 6.45) is 4.71. The van der Waals surface area contributed by atoms with Crippen molar-refractivity contribution in [2.24, 2.45) is 0 Å². The minimum atomic E-state index is -0.743. The van der Waals surface area contributed by atoms with Gasteiger partial charge in [0.25, 0.3) is 0 Å². The third-order valence-electron chi connectivity index (χ3n) is 4.83. The largest absolute Gasteiger partial charge is 0.342 e. The van der Waals surface area contributed by atoms with Gasteiger partial charge in [-0.05, 0) is 36.1 Å². The van der Waals surface area contributed by atoms with E-state index in [1.165, 1.54) is 0 Å². The Kier molecular flexibility index (Phi) is 7.39. The zero-order valence-corrected chi connectivity index (χ0v) is 16.6. The molecule has 0 bridgehead atoms. The number of nitrogens with one attached hydrogen (secondary N) is 2. The SMILES string of the molecule is N#CCNC(=O)[C@H](CCc1ccccc1)NC(=O)C(c1ccccc1)n1cccc1. The van der Waals surface area contributed by atoms with Gasteiger partial charge in [-0.3, -0.25) is 9.59 Å². The summed E-state index contributed by atoms with van der Waals surface area (Å²) in [5.41, 5.74) is 1.90. The highest BCUT2D eigenvalue weighted by Crippen LogP contribution is 2.19. The van der Waals surface area contributed by atoms with Crippen LogP contribution < -0.4 is 10.6 Å². The van der Waals surface area contributed by atoms with Gasteiger partial charge in [-0.25, -0.2) is 0 Å². The van der Waals surface area contributed by atoms with Crippen LogP contribution in [0.3, 0.4) is 0 Å². The molecule has 6 heteroatoms. The summed E-state index contributed by atoms with van der Waals surface area (Å²) in [4.78, 5) is 25.9. The fraction of sp³-hybridized carbons (Fsp3) is 0.208. The molecule has 2 atom stereocenters.